The van der Waals surface area contributed by atoms with Crippen LogP contribution in [-0.2, 0) is 9.59 Å². The molecule has 0 aliphatic carbocycles. The van der Waals surface area contributed by atoms with Crippen LogP contribution in [0.2, 0.25) is 0 Å². The number of halogens is 1. The molecule has 2 aromatic carbocycles. The zero-order chi connectivity index (χ0) is 21.4. The molecule has 0 aromatic heterocycles. The highest BCUT2D eigenvalue weighted by molar-refractivity contribution is 6.05. The molecule has 7 nitrogen and oxygen atoms in total. The molecule has 2 aliphatic heterocycles. The SMILES string of the molecule is C[C@@H](C(=O)Nc1ccc(F)cc1)N1CC2=C(C1=O)[C@H](c1ccccc1)NC(=O)N2C. The van der Waals surface area contributed by atoms with Crippen molar-refractivity contribution in [3.8, 4) is 0 Å². The number of carbonyl (C=O) groups is 3. The van der Waals surface area contributed by atoms with Crippen LogP contribution in [0, 0.1) is 5.82 Å². The molecule has 2 aromatic rings. The molecule has 0 unspecified atom stereocenters. The van der Waals surface area contributed by atoms with Gasteiger partial charge in [-0.05, 0) is 36.8 Å². The summed E-state index contributed by atoms with van der Waals surface area (Å²) >= 11 is 0. The minimum atomic E-state index is -0.784. The number of likely N-dealkylation sites (N-methyl/N-ethyl adjacent to an activating group) is 1. The van der Waals surface area contributed by atoms with Gasteiger partial charge in [-0.3, -0.25) is 14.5 Å². The normalized spacial score (nSPS) is 19.5. The highest BCUT2D eigenvalue weighted by Gasteiger charge is 2.45. The van der Waals surface area contributed by atoms with Gasteiger partial charge >= 0.3 is 6.03 Å². The first-order valence-electron chi connectivity index (χ1n) is 9.56. The van der Waals surface area contributed by atoms with Crippen LogP contribution in [0.15, 0.2) is 65.9 Å². The lowest BCUT2D eigenvalue weighted by atomic mass is 9.96. The van der Waals surface area contributed by atoms with Gasteiger partial charge in [-0.25, -0.2) is 9.18 Å². The van der Waals surface area contributed by atoms with Crippen LogP contribution in [0.5, 0.6) is 0 Å². The lowest BCUT2D eigenvalue weighted by Crippen LogP contribution is -2.45. The zero-order valence-corrected chi connectivity index (χ0v) is 16.6. The van der Waals surface area contributed by atoms with E-state index in [-0.39, 0.29) is 18.5 Å². The minimum Gasteiger partial charge on any atom is -0.327 e. The molecule has 4 rings (SSSR count). The van der Waals surface area contributed by atoms with Crippen LogP contribution in [-0.4, -0.2) is 47.3 Å². The van der Waals surface area contributed by atoms with Crippen molar-refractivity contribution in [2.75, 3.05) is 18.9 Å². The van der Waals surface area contributed by atoms with Crippen LogP contribution >= 0.6 is 0 Å². The molecule has 0 radical (unpaired) electrons. The van der Waals surface area contributed by atoms with Gasteiger partial charge in [0.1, 0.15) is 11.9 Å². The summed E-state index contributed by atoms with van der Waals surface area (Å²) in [4.78, 5) is 41.3. The van der Waals surface area contributed by atoms with E-state index in [1.54, 1.807) is 14.0 Å². The Morgan fingerprint density at radius 1 is 1.13 bits per heavy atom. The second kappa shape index (κ2) is 7.62. The van der Waals surface area contributed by atoms with Gasteiger partial charge in [-0.15, -0.1) is 0 Å². The van der Waals surface area contributed by atoms with Crippen molar-refractivity contribution in [1.82, 2.24) is 15.1 Å². The summed E-state index contributed by atoms with van der Waals surface area (Å²) in [6, 6.07) is 13.0. The molecule has 8 heteroatoms. The van der Waals surface area contributed by atoms with E-state index in [1.165, 1.54) is 34.1 Å². The lowest BCUT2D eigenvalue weighted by Gasteiger charge is -2.31. The van der Waals surface area contributed by atoms with Crippen molar-refractivity contribution >= 4 is 23.5 Å². The minimum absolute atomic E-state index is 0.152. The maximum atomic E-state index is 13.3. The van der Waals surface area contributed by atoms with Gasteiger partial charge in [-0.2, -0.15) is 0 Å². The number of nitrogens with one attached hydrogen (secondary N) is 2. The molecule has 2 aliphatic rings. The Bertz CT molecular complexity index is 1040. The van der Waals surface area contributed by atoms with E-state index in [4.69, 9.17) is 0 Å². The smallest absolute Gasteiger partial charge is 0.322 e. The van der Waals surface area contributed by atoms with Crippen molar-refractivity contribution < 1.29 is 18.8 Å². The maximum Gasteiger partial charge on any atom is 0.322 e. The topological polar surface area (TPSA) is 81.8 Å². The van der Waals surface area contributed by atoms with Crippen molar-refractivity contribution in [3.05, 3.63) is 77.2 Å². The molecule has 0 fully saturated rings. The third-order valence-electron chi connectivity index (χ3n) is 5.48. The third-order valence-corrected chi connectivity index (χ3v) is 5.48. The molecule has 0 saturated heterocycles. The fraction of sp³-hybridized carbons (Fsp3) is 0.227. The van der Waals surface area contributed by atoms with Crippen LogP contribution in [0.3, 0.4) is 0 Å². The highest BCUT2D eigenvalue weighted by Crippen LogP contribution is 2.36. The number of nitrogens with zero attached hydrogens (tertiary/aromatic N) is 2. The summed E-state index contributed by atoms with van der Waals surface area (Å²) in [7, 11) is 1.60. The van der Waals surface area contributed by atoms with Crippen LogP contribution < -0.4 is 10.6 Å². The number of amides is 4. The summed E-state index contributed by atoms with van der Waals surface area (Å²) in [6.45, 7) is 1.78. The maximum absolute atomic E-state index is 13.3. The van der Waals surface area contributed by atoms with Crippen LogP contribution in [0.25, 0.3) is 0 Å². The van der Waals surface area contributed by atoms with Crippen molar-refractivity contribution in [2.24, 2.45) is 0 Å². The lowest BCUT2D eigenvalue weighted by molar-refractivity contribution is -0.133. The highest BCUT2D eigenvalue weighted by atomic mass is 19.1. The Hall–Kier alpha value is -3.68. The molecule has 2 N–H and O–H groups in total. The summed E-state index contributed by atoms with van der Waals surface area (Å²) < 4.78 is 13.1. The van der Waals surface area contributed by atoms with E-state index in [1.807, 2.05) is 30.3 Å². The standard InChI is InChI=1S/C22H21FN4O3/c1-13(20(28)24-16-10-8-15(23)9-11-16)27-12-17-18(21(27)29)19(25-22(30)26(17)2)14-6-4-3-5-7-14/h3-11,13,19H,12H2,1-2H3,(H,24,28)(H,25,30)/t13-,19-/m0/s1. The van der Waals surface area contributed by atoms with Crippen LogP contribution in [0.1, 0.15) is 18.5 Å². The van der Waals surface area contributed by atoms with Crippen LogP contribution in [0.4, 0.5) is 14.9 Å². The Kier molecular flexibility index (Phi) is 4.99. The van der Waals surface area contributed by atoms with Crippen molar-refractivity contribution in [1.29, 1.82) is 0 Å². The molecule has 154 valence electrons. The number of hydrogen-bond acceptors (Lipinski definition) is 3. The van der Waals surface area contributed by atoms with Gasteiger partial charge < -0.3 is 15.5 Å². The number of carbonyl (C=O) groups excluding carboxylic acids is 3. The van der Waals surface area contributed by atoms with Gasteiger partial charge in [-0.1, -0.05) is 30.3 Å². The molecule has 0 saturated carbocycles. The van der Waals surface area contributed by atoms with E-state index in [9.17, 15) is 18.8 Å². The molecule has 0 spiro atoms. The van der Waals surface area contributed by atoms with Crippen molar-refractivity contribution in [2.45, 2.75) is 19.0 Å². The summed E-state index contributed by atoms with van der Waals surface area (Å²) in [5.74, 6) is -1.10. The summed E-state index contributed by atoms with van der Waals surface area (Å²) in [6.07, 6.45) is 0. The third kappa shape index (κ3) is 3.41. The zero-order valence-electron chi connectivity index (χ0n) is 16.6. The molecular weight excluding hydrogens is 387 g/mol. The fourth-order valence-electron chi connectivity index (χ4n) is 3.72. The predicted octanol–water partition coefficient (Wildman–Crippen LogP) is 2.65. The van der Waals surface area contributed by atoms with E-state index in [0.29, 0.717) is 17.0 Å². The molecule has 2 atom stereocenters. The number of hydrogen-bond donors (Lipinski definition) is 2. The quantitative estimate of drug-likeness (QED) is 0.816. The van der Waals surface area contributed by atoms with E-state index in [0.717, 1.165) is 5.56 Å². The Balaban J connectivity index is 1.58. The predicted molar refractivity (Wildman–Crippen MR) is 109 cm³/mol. The molecule has 4 amide bonds. The molecule has 2 heterocycles. The Morgan fingerprint density at radius 3 is 2.47 bits per heavy atom. The Labute approximate surface area is 173 Å². The first-order valence-corrected chi connectivity index (χ1v) is 9.56. The second-order valence-electron chi connectivity index (χ2n) is 7.32. The average molecular weight is 408 g/mol. The van der Waals surface area contributed by atoms with Gasteiger partial charge in [0.2, 0.25) is 5.91 Å². The first kappa shape index (κ1) is 19.6. The van der Waals surface area contributed by atoms with E-state index in [2.05, 4.69) is 10.6 Å². The van der Waals surface area contributed by atoms with Gasteiger partial charge in [0.15, 0.2) is 0 Å². The van der Waals surface area contributed by atoms with E-state index >= 15 is 0 Å². The number of benzene rings is 2. The Morgan fingerprint density at radius 2 is 1.80 bits per heavy atom. The van der Waals surface area contributed by atoms with Gasteiger partial charge in [0.25, 0.3) is 5.91 Å². The monoisotopic (exact) mass is 408 g/mol. The summed E-state index contributed by atoms with van der Waals surface area (Å²) in [5, 5.41) is 5.56. The molecule has 30 heavy (non-hydrogen) atoms. The largest absolute Gasteiger partial charge is 0.327 e. The number of rotatable bonds is 4. The van der Waals surface area contributed by atoms with Crippen molar-refractivity contribution in [3.63, 3.8) is 0 Å². The second-order valence-corrected chi connectivity index (χ2v) is 7.32. The van der Waals surface area contributed by atoms with E-state index < -0.39 is 23.8 Å². The first-order chi connectivity index (χ1) is 14.4. The molecule has 0 bridgehead atoms. The fourth-order valence-corrected chi connectivity index (χ4v) is 3.72. The van der Waals surface area contributed by atoms with Gasteiger partial charge in [0.05, 0.1) is 23.9 Å². The molecular formula is C22H21FN4O3. The summed E-state index contributed by atoms with van der Waals surface area (Å²) in [5.41, 5.74) is 2.28. The van der Waals surface area contributed by atoms with Gasteiger partial charge in [0, 0.05) is 12.7 Å². The number of anilines is 1. The number of urea groups is 1. The average Bonchev–Trinajstić information content (AvgIpc) is 3.10.